The van der Waals surface area contributed by atoms with Crippen LogP contribution in [0.3, 0.4) is 0 Å². The molecule has 0 radical (unpaired) electrons. The van der Waals surface area contributed by atoms with Gasteiger partial charge in [0.25, 0.3) is 0 Å². The molecule has 12 aromatic rings. The predicted molar refractivity (Wildman–Crippen MR) is 226 cm³/mol. The number of hydrogen-bond acceptors (Lipinski definition) is 3. The second kappa shape index (κ2) is 11.5. The van der Waals surface area contributed by atoms with Gasteiger partial charge in [0.1, 0.15) is 11.2 Å². The Morgan fingerprint density at radius 1 is 0.400 bits per heavy atom. The van der Waals surface area contributed by atoms with Crippen LogP contribution in [0.2, 0.25) is 0 Å². The molecule has 0 bridgehead atoms. The van der Waals surface area contributed by atoms with Gasteiger partial charge in [-0.2, -0.15) is 0 Å². The van der Waals surface area contributed by atoms with Gasteiger partial charge in [0, 0.05) is 54.8 Å². The molecular formula is C50H30N4O. The van der Waals surface area contributed by atoms with Crippen LogP contribution in [-0.4, -0.2) is 19.1 Å². The minimum Gasteiger partial charge on any atom is -0.455 e. The van der Waals surface area contributed by atoms with Crippen LogP contribution in [0.5, 0.6) is 0 Å². The second-order valence-electron chi connectivity index (χ2n) is 14.1. The number of fused-ring (bicyclic) bond motifs is 12. The molecule has 0 unspecified atom stereocenters. The molecule has 4 aromatic heterocycles. The molecule has 0 spiro atoms. The third-order valence-corrected chi connectivity index (χ3v) is 11.1. The van der Waals surface area contributed by atoms with E-state index in [1.165, 1.54) is 10.8 Å². The van der Waals surface area contributed by atoms with Gasteiger partial charge in [-0.3, -0.25) is 0 Å². The number of furan rings is 1. The summed E-state index contributed by atoms with van der Waals surface area (Å²) in [6.07, 6.45) is 0. The molecule has 0 aliphatic heterocycles. The largest absolute Gasteiger partial charge is 0.455 e. The second-order valence-corrected chi connectivity index (χ2v) is 14.1. The number of hydrogen-bond donors (Lipinski definition) is 0. The van der Waals surface area contributed by atoms with Gasteiger partial charge in [0.05, 0.1) is 38.7 Å². The molecule has 8 aromatic carbocycles. The number of rotatable bonds is 4. The molecule has 0 saturated carbocycles. The minimum absolute atomic E-state index is 0.696. The van der Waals surface area contributed by atoms with Crippen molar-refractivity contribution >= 4 is 76.5 Å². The highest BCUT2D eigenvalue weighted by Gasteiger charge is 2.24. The van der Waals surface area contributed by atoms with Crippen LogP contribution < -0.4 is 0 Å². The third-order valence-electron chi connectivity index (χ3n) is 11.1. The van der Waals surface area contributed by atoms with Gasteiger partial charge in [0.15, 0.2) is 5.82 Å². The molecule has 256 valence electrons. The Bertz CT molecular complexity index is 3480. The predicted octanol–water partition coefficient (Wildman–Crippen LogP) is 13.1. The summed E-state index contributed by atoms with van der Waals surface area (Å²) in [5, 5.41) is 7.94. The van der Waals surface area contributed by atoms with Crippen LogP contribution in [0.4, 0.5) is 0 Å². The van der Waals surface area contributed by atoms with Crippen LogP contribution in [-0.2, 0) is 0 Å². The van der Waals surface area contributed by atoms with Crippen LogP contribution >= 0.6 is 0 Å². The molecule has 0 amide bonds. The maximum atomic E-state index is 6.69. The van der Waals surface area contributed by atoms with E-state index in [4.69, 9.17) is 14.4 Å². The summed E-state index contributed by atoms with van der Waals surface area (Å²) in [6, 6.07) is 64.0. The van der Waals surface area contributed by atoms with E-state index in [1.807, 2.05) is 24.3 Å². The fraction of sp³-hybridized carbons (Fsp3) is 0. The number of benzene rings is 8. The normalized spacial score (nSPS) is 12.0. The first-order valence-corrected chi connectivity index (χ1v) is 18.6. The Morgan fingerprint density at radius 2 is 1.05 bits per heavy atom. The van der Waals surface area contributed by atoms with E-state index in [2.05, 4.69) is 167 Å². The Hall–Kier alpha value is -7.50. The molecule has 0 fully saturated rings. The number of para-hydroxylation sites is 4. The van der Waals surface area contributed by atoms with Gasteiger partial charge in [-0.25, -0.2) is 9.97 Å². The van der Waals surface area contributed by atoms with Crippen LogP contribution in [0.1, 0.15) is 0 Å². The lowest BCUT2D eigenvalue weighted by Crippen LogP contribution is -1.98. The first-order chi connectivity index (χ1) is 27.3. The summed E-state index contributed by atoms with van der Waals surface area (Å²) < 4.78 is 11.5. The maximum Gasteiger partial charge on any atom is 0.160 e. The SMILES string of the molecule is c1ccc(-c2nc(-c3cccc(-n4c5ccccc5c5c4ccc4c6c7oc8ccccc8c7ccc6n(-c6ccccc6)c45)c3)nc3ccccc23)cc1. The Kier molecular flexibility index (Phi) is 6.27. The zero-order chi connectivity index (χ0) is 36.0. The highest BCUT2D eigenvalue weighted by molar-refractivity contribution is 6.31. The highest BCUT2D eigenvalue weighted by Crippen LogP contribution is 2.45. The van der Waals surface area contributed by atoms with Crippen molar-refractivity contribution in [2.75, 3.05) is 0 Å². The summed E-state index contributed by atoms with van der Waals surface area (Å²) >= 11 is 0. The molecule has 0 saturated heterocycles. The number of nitrogens with zero attached hydrogens (tertiary/aromatic N) is 4. The van der Waals surface area contributed by atoms with Crippen molar-refractivity contribution in [3.05, 3.63) is 182 Å². The monoisotopic (exact) mass is 702 g/mol. The van der Waals surface area contributed by atoms with Gasteiger partial charge >= 0.3 is 0 Å². The number of aromatic nitrogens is 4. The summed E-state index contributed by atoms with van der Waals surface area (Å²) in [5.74, 6) is 0.696. The standard InChI is InChI=1S/C50H30N4O/c1-3-14-31(15-4-1)47-37-21-7-10-23-40(37)51-50(52-47)32-16-13-19-34(30-32)53-41-24-11-8-22-38(41)45-42(53)29-27-39-46-43(54(48(39)45)33-17-5-2-6-18-33)28-26-36-35-20-9-12-25-44(35)55-49(36)46/h1-30H. The molecule has 12 rings (SSSR count). The molecule has 5 heteroatoms. The molecule has 0 aliphatic carbocycles. The summed E-state index contributed by atoms with van der Waals surface area (Å²) in [4.78, 5) is 10.3. The summed E-state index contributed by atoms with van der Waals surface area (Å²) in [5.41, 5.74) is 12.4. The quantitative estimate of drug-likeness (QED) is 0.183. The highest BCUT2D eigenvalue weighted by atomic mass is 16.3. The van der Waals surface area contributed by atoms with Crippen molar-refractivity contribution in [2.45, 2.75) is 0 Å². The van der Waals surface area contributed by atoms with Gasteiger partial charge in [-0.1, -0.05) is 115 Å². The molecule has 0 atom stereocenters. The van der Waals surface area contributed by atoms with E-state index in [-0.39, 0.29) is 0 Å². The summed E-state index contributed by atoms with van der Waals surface area (Å²) in [6.45, 7) is 0. The minimum atomic E-state index is 0.696. The fourth-order valence-electron chi connectivity index (χ4n) is 8.75. The third kappa shape index (κ3) is 4.35. The van der Waals surface area contributed by atoms with Crippen molar-refractivity contribution < 1.29 is 4.42 Å². The smallest absolute Gasteiger partial charge is 0.160 e. The zero-order valence-corrected chi connectivity index (χ0v) is 29.5. The van der Waals surface area contributed by atoms with Crippen LogP contribution in [0.15, 0.2) is 186 Å². The van der Waals surface area contributed by atoms with Crippen molar-refractivity contribution in [1.82, 2.24) is 19.1 Å². The van der Waals surface area contributed by atoms with E-state index in [0.29, 0.717) is 5.82 Å². The lowest BCUT2D eigenvalue weighted by molar-refractivity contribution is 0.673. The Labute approximate surface area is 315 Å². The lowest BCUT2D eigenvalue weighted by atomic mass is 10.1. The lowest BCUT2D eigenvalue weighted by Gasteiger charge is -2.12. The Morgan fingerprint density at radius 3 is 1.91 bits per heavy atom. The van der Waals surface area contributed by atoms with Gasteiger partial charge in [0.2, 0.25) is 0 Å². The maximum absolute atomic E-state index is 6.69. The molecule has 4 heterocycles. The molecule has 55 heavy (non-hydrogen) atoms. The van der Waals surface area contributed by atoms with Crippen molar-refractivity contribution in [2.24, 2.45) is 0 Å². The van der Waals surface area contributed by atoms with E-state index in [1.54, 1.807) is 0 Å². The van der Waals surface area contributed by atoms with Gasteiger partial charge in [-0.05, 0) is 66.7 Å². The molecule has 5 nitrogen and oxygen atoms in total. The molecule has 0 N–H and O–H groups in total. The zero-order valence-electron chi connectivity index (χ0n) is 29.5. The van der Waals surface area contributed by atoms with Crippen molar-refractivity contribution in [3.63, 3.8) is 0 Å². The Balaban J connectivity index is 1.15. The van der Waals surface area contributed by atoms with Gasteiger partial charge < -0.3 is 13.6 Å². The molecule has 0 aliphatic rings. The first-order valence-electron chi connectivity index (χ1n) is 18.6. The van der Waals surface area contributed by atoms with Crippen molar-refractivity contribution in [1.29, 1.82) is 0 Å². The average molecular weight is 703 g/mol. The van der Waals surface area contributed by atoms with Crippen LogP contribution in [0, 0.1) is 0 Å². The van der Waals surface area contributed by atoms with E-state index < -0.39 is 0 Å². The summed E-state index contributed by atoms with van der Waals surface area (Å²) in [7, 11) is 0. The van der Waals surface area contributed by atoms with Gasteiger partial charge in [-0.15, -0.1) is 0 Å². The van der Waals surface area contributed by atoms with Crippen molar-refractivity contribution in [3.8, 4) is 34.0 Å². The fourth-order valence-corrected chi connectivity index (χ4v) is 8.75. The molecular weight excluding hydrogens is 673 g/mol. The van der Waals surface area contributed by atoms with E-state index >= 15 is 0 Å². The van der Waals surface area contributed by atoms with E-state index in [0.717, 1.165) is 93.9 Å². The first kappa shape index (κ1) is 30.0. The topological polar surface area (TPSA) is 48.8 Å². The van der Waals surface area contributed by atoms with E-state index in [9.17, 15) is 0 Å². The van der Waals surface area contributed by atoms with Crippen LogP contribution in [0.25, 0.3) is 110 Å². The average Bonchev–Trinajstić information content (AvgIpc) is 3.91.